The maximum absolute atomic E-state index is 5.83. The van der Waals surface area contributed by atoms with Gasteiger partial charge in [0.05, 0.1) is 5.52 Å². The standard InChI is InChI=1S/C10H6Cl3N/c11-10(12,13)8-5-1-3-7-4-2-6-14-9(7)8/h1-6H. The summed E-state index contributed by atoms with van der Waals surface area (Å²) in [7, 11) is 0. The number of hydrogen-bond acceptors (Lipinski definition) is 1. The molecule has 72 valence electrons. The van der Waals surface area contributed by atoms with Gasteiger partial charge in [0.2, 0.25) is 3.79 Å². The SMILES string of the molecule is ClC(Cl)(Cl)c1cccc2cccnc12. The van der Waals surface area contributed by atoms with Crippen LogP contribution in [0.2, 0.25) is 0 Å². The summed E-state index contributed by atoms with van der Waals surface area (Å²) in [5.74, 6) is 0. The highest BCUT2D eigenvalue weighted by Gasteiger charge is 2.25. The summed E-state index contributed by atoms with van der Waals surface area (Å²) in [5.41, 5.74) is 1.34. The Bertz CT molecular complexity index is 457. The van der Waals surface area contributed by atoms with Gasteiger partial charge in [-0.1, -0.05) is 59.1 Å². The van der Waals surface area contributed by atoms with Gasteiger partial charge < -0.3 is 0 Å². The zero-order valence-electron chi connectivity index (χ0n) is 7.05. The molecular formula is C10H6Cl3N. The van der Waals surface area contributed by atoms with E-state index in [1.54, 1.807) is 12.3 Å². The van der Waals surface area contributed by atoms with Crippen LogP contribution in [0, 0.1) is 0 Å². The van der Waals surface area contributed by atoms with E-state index in [1.807, 2.05) is 24.3 Å². The second kappa shape index (κ2) is 3.58. The van der Waals surface area contributed by atoms with Gasteiger partial charge >= 0.3 is 0 Å². The Balaban J connectivity index is 2.78. The molecule has 1 nitrogen and oxygen atoms in total. The van der Waals surface area contributed by atoms with Crippen molar-refractivity contribution in [1.82, 2.24) is 4.98 Å². The van der Waals surface area contributed by atoms with Crippen molar-refractivity contribution in [3.8, 4) is 0 Å². The van der Waals surface area contributed by atoms with Crippen molar-refractivity contribution in [3.05, 3.63) is 42.1 Å². The summed E-state index contributed by atoms with van der Waals surface area (Å²) >= 11 is 17.5. The lowest BCUT2D eigenvalue weighted by molar-refractivity contribution is 1.24. The van der Waals surface area contributed by atoms with Crippen LogP contribution < -0.4 is 0 Å². The van der Waals surface area contributed by atoms with E-state index in [4.69, 9.17) is 34.8 Å². The second-order valence-electron chi connectivity index (χ2n) is 2.88. The van der Waals surface area contributed by atoms with E-state index in [1.165, 1.54) is 0 Å². The van der Waals surface area contributed by atoms with Crippen molar-refractivity contribution in [3.63, 3.8) is 0 Å². The normalized spacial score (nSPS) is 11.9. The number of fused-ring (bicyclic) bond motifs is 1. The molecule has 1 aromatic heterocycles. The smallest absolute Gasteiger partial charge is 0.218 e. The van der Waals surface area contributed by atoms with Crippen LogP contribution in [0.3, 0.4) is 0 Å². The molecular weight excluding hydrogens is 240 g/mol. The van der Waals surface area contributed by atoms with Crippen LogP contribution >= 0.6 is 34.8 Å². The van der Waals surface area contributed by atoms with E-state index in [-0.39, 0.29) is 0 Å². The lowest BCUT2D eigenvalue weighted by Crippen LogP contribution is -2.01. The van der Waals surface area contributed by atoms with Gasteiger partial charge in [0.25, 0.3) is 0 Å². The third-order valence-electron chi connectivity index (χ3n) is 1.94. The number of para-hydroxylation sites is 1. The third-order valence-corrected chi connectivity index (χ3v) is 2.55. The molecule has 0 amide bonds. The van der Waals surface area contributed by atoms with Gasteiger partial charge in [-0.3, -0.25) is 4.98 Å². The molecule has 0 aliphatic carbocycles. The molecule has 1 heterocycles. The summed E-state index contributed by atoms with van der Waals surface area (Å²) in [5, 5.41) is 0.969. The van der Waals surface area contributed by atoms with Crippen LogP contribution in [0.25, 0.3) is 10.9 Å². The van der Waals surface area contributed by atoms with Crippen LogP contribution in [0.4, 0.5) is 0 Å². The molecule has 0 spiro atoms. The minimum absolute atomic E-state index is 0.612. The van der Waals surface area contributed by atoms with E-state index in [2.05, 4.69) is 4.98 Å². The fourth-order valence-corrected chi connectivity index (χ4v) is 1.79. The maximum Gasteiger partial charge on any atom is 0.218 e. The molecule has 0 saturated carbocycles. The first-order valence-electron chi connectivity index (χ1n) is 4.00. The monoisotopic (exact) mass is 245 g/mol. The number of aromatic nitrogens is 1. The predicted octanol–water partition coefficient (Wildman–Crippen LogP) is 4.06. The van der Waals surface area contributed by atoms with Crippen LogP contribution in [0.1, 0.15) is 5.56 Å². The van der Waals surface area contributed by atoms with E-state index >= 15 is 0 Å². The lowest BCUT2D eigenvalue weighted by Gasteiger charge is -2.12. The van der Waals surface area contributed by atoms with Crippen molar-refractivity contribution < 1.29 is 0 Å². The fraction of sp³-hybridized carbons (Fsp3) is 0.100. The highest BCUT2D eigenvalue weighted by atomic mass is 35.6. The highest BCUT2D eigenvalue weighted by Crippen LogP contribution is 2.40. The summed E-state index contributed by atoms with van der Waals surface area (Å²) in [6, 6.07) is 9.33. The van der Waals surface area contributed by atoms with Gasteiger partial charge in [-0.05, 0) is 6.07 Å². The molecule has 0 saturated heterocycles. The number of hydrogen-bond donors (Lipinski definition) is 0. The van der Waals surface area contributed by atoms with E-state index in [9.17, 15) is 0 Å². The first-order chi connectivity index (χ1) is 6.59. The minimum atomic E-state index is -1.42. The fourth-order valence-electron chi connectivity index (χ4n) is 1.33. The van der Waals surface area contributed by atoms with E-state index in [0.29, 0.717) is 5.56 Å². The van der Waals surface area contributed by atoms with Gasteiger partial charge in [-0.15, -0.1) is 0 Å². The summed E-state index contributed by atoms with van der Waals surface area (Å²) in [6.07, 6.45) is 1.68. The van der Waals surface area contributed by atoms with Gasteiger partial charge in [-0.2, -0.15) is 0 Å². The average Bonchev–Trinajstić information content (AvgIpc) is 2.15. The van der Waals surface area contributed by atoms with Gasteiger partial charge in [0.15, 0.2) is 0 Å². The molecule has 0 N–H and O–H groups in total. The molecule has 2 rings (SSSR count). The number of halogens is 3. The molecule has 0 fully saturated rings. The number of benzene rings is 1. The first kappa shape index (κ1) is 10.0. The average molecular weight is 247 g/mol. The Morgan fingerprint density at radius 2 is 1.71 bits per heavy atom. The van der Waals surface area contributed by atoms with Crippen molar-refractivity contribution >= 4 is 45.7 Å². The lowest BCUT2D eigenvalue weighted by atomic mass is 10.1. The Hall–Kier alpha value is -0.500. The minimum Gasteiger partial charge on any atom is -0.256 e. The van der Waals surface area contributed by atoms with Crippen molar-refractivity contribution in [2.24, 2.45) is 0 Å². The first-order valence-corrected chi connectivity index (χ1v) is 5.13. The third kappa shape index (κ3) is 1.81. The van der Waals surface area contributed by atoms with Crippen LogP contribution in [-0.2, 0) is 3.79 Å². The Morgan fingerprint density at radius 3 is 2.43 bits per heavy atom. The molecule has 0 atom stereocenters. The molecule has 0 radical (unpaired) electrons. The molecule has 0 aliphatic heterocycles. The summed E-state index contributed by atoms with van der Waals surface area (Å²) in [4.78, 5) is 4.19. The topological polar surface area (TPSA) is 12.9 Å². The molecule has 0 bridgehead atoms. The van der Waals surface area contributed by atoms with Crippen molar-refractivity contribution in [2.75, 3.05) is 0 Å². The van der Waals surface area contributed by atoms with Gasteiger partial charge in [0, 0.05) is 17.1 Å². The maximum atomic E-state index is 5.83. The zero-order chi connectivity index (χ0) is 10.2. The number of rotatable bonds is 0. The van der Waals surface area contributed by atoms with E-state index in [0.717, 1.165) is 10.9 Å². The van der Waals surface area contributed by atoms with Crippen LogP contribution in [-0.4, -0.2) is 4.98 Å². The summed E-state index contributed by atoms with van der Waals surface area (Å²) in [6.45, 7) is 0. The van der Waals surface area contributed by atoms with Crippen LogP contribution in [0.5, 0.6) is 0 Å². The molecule has 0 aliphatic rings. The molecule has 4 heteroatoms. The quantitative estimate of drug-likeness (QED) is 0.639. The van der Waals surface area contributed by atoms with Gasteiger partial charge in [-0.25, -0.2) is 0 Å². The Morgan fingerprint density at radius 1 is 1.00 bits per heavy atom. The Labute approximate surface area is 96.6 Å². The largest absolute Gasteiger partial charge is 0.256 e. The summed E-state index contributed by atoms with van der Waals surface area (Å²) < 4.78 is -1.42. The number of pyridine rings is 1. The molecule has 1 aromatic carbocycles. The number of alkyl halides is 3. The second-order valence-corrected chi connectivity index (χ2v) is 5.16. The molecule has 2 aromatic rings. The zero-order valence-corrected chi connectivity index (χ0v) is 9.31. The van der Waals surface area contributed by atoms with Gasteiger partial charge in [0.1, 0.15) is 0 Å². The molecule has 14 heavy (non-hydrogen) atoms. The van der Waals surface area contributed by atoms with Crippen molar-refractivity contribution in [1.29, 1.82) is 0 Å². The highest BCUT2D eigenvalue weighted by molar-refractivity contribution is 6.67. The van der Waals surface area contributed by atoms with E-state index < -0.39 is 3.79 Å². The number of nitrogens with zero attached hydrogens (tertiary/aromatic N) is 1. The molecule has 0 unspecified atom stereocenters. The Kier molecular flexibility index (Phi) is 2.56. The predicted molar refractivity (Wildman–Crippen MR) is 61.0 cm³/mol. The van der Waals surface area contributed by atoms with Crippen molar-refractivity contribution in [2.45, 2.75) is 3.79 Å². The van der Waals surface area contributed by atoms with Crippen LogP contribution in [0.15, 0.2) is 36.5 Å².